The Morgan fingerprint density at radius 2 is 1.92 bits per heavy atom. The van der Waals surface area contributed by atoms with Crippen molar-refractivity contribution in [3.8, 4) is 0 Å². The van der Waals surface area contributed by atoms with Crippen LogP contribution in [0.25, 0.3) is 0 Å². The molecule has 2 aromatic rings. The second-order valence-corrected chi connectivity index (χ2v) is 6.75. The summed E-state index contributed by atoms with van der Waals surface area (Å²) >= 11 is 0. The van der Waals surface area contributed by atoms with E-state index in [1.54, 1.807) is 18.3 Å². The zero-order chi connectivity index (χ0) is 17.2. The number of benzene rings is 1. The topological polar surface area (TPSA) is 49.3 Å². The quantitative estimate of drug-likeness (QED) is 0.861. The lowest BCUT2D eigenvalue weighted by atomic mass is 10.1. The molecule has 6 heteroatoms. The van der Waals surface area contributed by atoms with Crippen LogP contribution in [-0.2, 0) is 4.79 Å². The van der Waals surface area contributed by atoms with Crippen LogP contribution in [0, 0.1) is 11.7 Å². The standard InChI is InChI=1S/C19H21FN4O/c20-15-6-4-14(5-7-15)16-13-17(16)19(25)24-10-2-9-23(11-12-24)18-3-1-8-21-22-18/h1,3-8,16-17H,2,9-13H2/t16-,17-/m0/s1. The molecule has 0 unspecified atom stereocenters. The van der Waals surface area contributed by atoms with Crippen molar-refractivity contribution in [3.05, 3.63) is 54.0 Å². The first kappa shape index (κ1) is 16.0. The van der Waals surface area contributed by atoms with Crippen molar-refractivity contribution in [2.45, 2.75) is 18.8 Å². The molecule has 1 aromatic heterocycles. The number of halogens is 1. The lowest BCUT2D eigenvalue weighted by Crippen LogP contribution is -2.36. The van der Waals surface area contributed by atoms with Crippen LogP contribution in [0.5, 0.6) is 0 Å². The van der Waals surface area contributed by atoms with E-state index in [4.69, 9.17) is 0 Å². The minimum atomic E-state index is -0.233. The van der Waals surface area contributed by atoms with Gasteiger partial charge in [0.1, 0.15) is 5.82 Å². The lowest BCUT2D eigenvalue weighted by Gasteiger charge is -2.22. The third-order valence-electron chi connectivity index (χ3n) is 5.10. The summed E-state index contributed by atoms with van der Waals surface area (Å²) in [6, 6.07) is 10.4. The second kappa shape index (κ2) is 6.78. The number of hydrogen-bond donors (Lipinski definition) is 0. The molecule has 4 rings (SSSR count). The van der Waals surface area contributed by atoms with Gasteiger partial charge in [0.15, 0.2) is 5.82 Å². The average Bonchev–Trinajstić information content (AvgIpc) is 3.46. The predicted molar refractivity (Wildman–Crippen MR) is 92.7 cm³/mol. The smallest absolute Gasteiger partial charge is 0.226 e. The molecule has 1 saturated carbocycles. The number of aromatic nitrogens is 2. The van der Waals surface area contributed by atoms with E-state index in [-0.39, 0.29) is 23.6 Å². The van der Waals surface area contributed by atoms with Crippen LogP contribution in [0.2, 0.25) is 0 Å². The molecule has 1 saturated heterocycles. The fourth-order valence-corrected chi connectivity index (χ4v) is 3.61. The summed E-state index contributed by atoms with van der Waals surface area (Å²) in [5, 5.41) is 8.10. The van der Waals surface area contributed by atoms with Crippen molar-refractivity contribution in [1.29, 1.82) is 0 Å². The summed E-state index contributed by atoms with van der Waals surface area (Å²) < 4.78 is 13.0. The van der Waals surface area contributed by atoms with Crippen molar-refractivity contribution >= 4 is 11.7 Å². The summed E-state index contributed by atoms with van der Waals surface area (Å²) in [7, 11) is 0. The zero-order valence-corrected chi connectivity index (χ0v) is 14.0. The number of amides is 1. The van der Waals surface area contributed by atoms with Gasteiger partial charge in [-0.3, -0.25) is 4.79 Å². The second-order valence-electron chi connectivity index (χ2n) is 6.75. The Hall–Kier alpha value is -2.50. The summed E-state index contributed by atoms with van der Waals surface area (Å²) in [5.41, 5.74) is 1.07. The Kier molecular flexibility index (Phi) is 4.34. The van der Waals surface area contributed by atoms with Crippen molar-refractivity contribution in [3.63, 3.8) is 0 Å². The zero-order valence-electron chi connectivity index (χ0n) is 14.0. The molecule has 130 valence electrons. The third-order valence-corrected chi connectivity index (χ3v) is 5.10. The summed E-state index contributed by atoms with van der Waals surface area (Å²) in [6.45, 7) is 3.15. The van der Waals surface area contributed by atoms with Crippen LogP contribution in [-0.4, -0.2) is 47.2 Å². The molecule has 5 nitrogen and oxygen atoms in total. The van der Waals surface area contributed by atoms with Crippen LogP contribution in [0.3, 0.4) is 0 Å². The highest BCUT2D eigenvalue weighted by Gasteiger charge is 2.45. The van der Waals surface area contributed by atoms with Crippen LogP contribution in [0.15, 0.2) is 42.6 Å². The van der Waals surface area contributed by atoms with Gasteiger partial charge in [-0.2, -0.15) is 5.10 Å². The lowest BCUT2D eigenvalue weighted by molar-refractivity contribution is -0.132. The van der Waals surface area contributed by atoms with Gasteiger partial charge in [0.2, 0.25) is 5.91 Å². The largest absolute Gasteiger partial charge is 0.353 e. The fraction of sp³-hybridized carbons (Fsp3) is 0.421. The van der Waals surface area contributed by atoms with Gasteiger partial charge in [-0.1, -0.05) is 12.1 Å². The van der Waals surface area contributed by atoms with Gasteiger partial charge in [-0.05, 0) is 48.6 Å². The SMILES string of the molecule is O=C([C@H]1C[C@H]1c1ccc(F)cc1)N1CCCN(c2cccnn2)CC1. The van der Waals surface area contributed by atoms with E-state index in [9.17, 15) is 9.18 Å². The van der Waals surface area contributed by atoms with E-state index in [0.29, 0.717) is 6.54 Å². The Balaban J connectivity index is 1.36. The van der Waals surface area contributed by atoms with Crippen LogP contribution in [0.4, 0.5) is 10.2 Å². The van der Waals surface area contributed by atoms with Crippen LogP contribution >= 0.6 is 0 Å². The fourth-order valence-electron chi connectivity index (χ4n) is 3.61. The number of hydrogen-bond acceptors (Lipinski definition) is 4. The number of anilines is 1. The number of rotatable bonds is 3. The molecule has 2 atom stereocenters. The Bertz CT molecular complexity index is 737. The van der Waals surface area contributed by atoms with E-state index in [1.807, 2.05) is 17.0 Å². The van der Waals surface area contributed by atoms with Gasteiger partial charge in [-0.15, -0.1) is 5.10 Å². The van der Waals surface area contributed by atoms with Crippen molar-refractivity contribution in [1.82, 2.24) is 15.1 Å². The van der Waals surface area contributed by atoms with E-state index in [0.717, 1.165) is 43.9 Å². The van der Waals surface area contributed by atoms with Gasteiger partial charge in [0.05, 0.1) is 0 Å². The maximum Gasteiger partial charge on any atom is 0.226 e. The monoisotopic (exact) mass is 340 g/mol. The van der Waals surface area contributed by atoms with Gasteiger partial charge in [0, 0.05) is 38.3 Å². The molecule has 2 heterocycles. The molecule has 1 amide bonds. The number of nitrogens with zero attached hydrogens (tertiary/aromatic N) is 4. The predicted octanol–water partition coefficient (Wildman–Crippen LogP) is 2.46. The van der Waals surface area contributed by atoms with Crippen molar-refractivity contribution in [2.75, 3.05) is 31.1 Å². The maximum atomic E-state index is 13.0. The molecule has 0 N–H and O–H groups in total. The molecular weight excluding hydrogens is 319 g/mol. The molecule has 1 aromatic carbocycles. The van der Waals surface area contributed by atoms with Crippen molar-refractivity contribution in [2.24, 2.45) is 5.92 Å². The first-order chi connectivity index (χ1) is 12.2. The van der Waals surface area contributed by atoms with Crippen LogP contribution in [0.1, 0.15) is 24.3 Å². The molecule has 1 aliphatic heterocycles. The highest BCUT2D eigenvalue weighted by molar-refractivity contribution is 5.83. The molecule has 0 spiro atoms. The van der Waals surface area contributed by atoms with E-state index >= 15 is 0 Å². The molecule has 2 fully saturated rings. The van der Waals surface area contributed by atoms with E-state index in [1.165, 1.54) is 12.1 Å². The molecule has 0 bridgehead atoms. The number of carbonyl (C=O) groups excluding carboxylic acids is 1. The molecule has 0 radical (unpaired) electrons. The minimum Gasteiger partial charge on any atom is -0.353 e. The third kappa shape index (κ3) is 3.48. The summed E-state index contributed by atoms with van der Waals surface area (Å²) in [5.74, 6) is 1.16. The molecule has 2 aliphatic rings. The molecule has 25 heavy (non-hydrogen) atoms. The summed E-state index contributed by atoms with van der Waals surface area (Å²) in [4.78, 5) is 17.0. The molecular formula is C19H21FN4O. The highest BCUT2D eigenvalue weighted by Crippen LogP contribution is 2.48. The first-order valence-electron chi connectivity index (χ1n) is 8.79. The maximum absolute atomic E-state index is 13.0. The van der Waals surface area contributed by atoms with Gasteiger partial charge in [0.25, 0.3) is 0 Å². The van der Waals surface area contributed by atoms with Crippen LogP contribution < -0.4 is 4.90 Å². The van der Waals surface area contributed by atoms with Crippen molar-refractivity contribution < 1.29 is 9.18 Å². The Labute approximate surface area is 146 Å². The van der Waals surface area contributed by atoms with Gasteiger partial charge in [-0.25, -0.2) is 4.39 Å². The van der Waals surface area contributed by atoms with E-state index in [2.05, 4.69) is 15.1 Å². The normalized spacial score (nSPS) is 23.2. The van der Waals surface area contributed by atoms with E-state index < -0.39 is 0 Å². The minimum absolute atomic E-state index is 0.0496. The van der Waals surface area contributed by atoms with Gasteiger partial charge < -0.3 is 9.80 Å². The van der Waals surface area contributed by atoms with Gasteiger partial charge >= 0.3 is 0 Å². The summed E-state index contributed by atoms with van der Waals surface area (Å²) in [6.07, 6.45) is 3.46. The first-order valence-corrected chi connectivity index (χ1v) is 8.79. The Morgan fingerprint density at radius 3 is 2.68 bits per heavy atom. The number of carbonyl (C=O) groups is 1. The molecule has 1 aliphatic carbocycles. The highest BCUT2D eigenvalue weighted by atomic mass is 19.1. The average molecular weight is 340 g/mol. The Morgan fingerprint density at radius 1 is 1.08 bits per heavy atom.